The molecule has 3 aromatic heterocycles. The Morgan fingerprint density at radius 3 is 2.77 bits per heavy atom. The Morgan fingerprint density at radius 1 is 1.13 bits per heavy atom. The lowest BCUT2D eigenvalue weighted by molar-refractivity contribution is 0.101. The highest BCUT2D eigenvalue weighted by Crippen LogP contribution is 2.22. The standard InChI is InChI=1S/C19H16N8O3/c1-10-7-15(26-29-10)17(28)24-16-4-2-3-14(23-16)18-25-19(27-30-18)22-12-5-6-13(21)11(8-12)9-20/h2-9,20H,21H2,1H3,(H,22,27)(H,23,24,28). The number of nitrogen functional groups attached to an aromatic ring is 1. The summed E-state index contributed by atoms with van der Waals surface area (Å²) in [7, 11) is 0. The highest BCUT2D eigenvalue weighted by molar-refractivity contribution is 6.02. The second-order valence-electron chi connectivity index (χ2n) is 6.22. The lowest BCUT2D eigenvalue weighted by atomic mass is 10.2. The second kappa shape index (κ2) is 7.83. The molecule has 0 aliphatic carbocycles. The number of nitrogens with two attached hydrogens (primary N) is 1. The Hall–Kier alpha value is -4.54. The maximum atomic E-state index is 12.2. The fraction of sp³-hybridized carbons (Fsp3) is 0.0526. The Labute approximate surface area is 169 Å². The van der Waals surface area contributed by atoms with Crippen molar-refractivity contribution in [1.29, 1.82) is 5.41 Å². The van der Waals surface area contributed by atoms with E-state index in [2.05, 4.69) is 30.9 Å². The molecule has 4 aromatic rings. The van der Waals surface area contributed by atoms with Crippen molar-refractivity contribution in [3.63, 3.8) is 0 Å². The van der Waals surface area contributed by atoms with Gasteiger partial charge in [-0.2, -0.15) is 4.98 Å². The monoisotopic (exact) mass is 404 g/mol. The number of hydrogen-bond donors (Lipinski definition) is 4. The molecule has 1 amide bonds. The van der Waals surface area contributed by atoms with Gasteiger partial charge in [-0.05, 0) is 42.4 Å². The third-order valence-electron chi connectivity index (χ3n) is 3.99. The maximum absolute atomic E-state index is 12.2. The van der Waals surface area contributed by atoms with E-state index in [0.29, 0.717) is 34.2 Å². The first-order valence-corrected chi connectivity index (χ1v) is 8.74. The van der Waals surface area contributed by atoms with Gasteiger partial charge in [-0.3, -0.25) is 4.79 Å². The van der Waals surface area contributed by atoms with Gasteiger partial charge in [0.05, 0.1) is 0 Å². The van der Waals surface area contributed by atoms with Crippen molar-refractivity contribution < 1.29 is 13.8 Å². The molecule has 30 heavy (non-hydrogen) atoms. The van der Waals surface area contributed by atoms with Crippen LogP contribution in [0, 0.1) is 12.3 Å². The maximum Gasteiger partial charge on any atom is 0.279 e. The van der Waals surface area contributed by atoms with E-state index in [4.69, 9.17) is 20.2 Å². The van der Waals surface area contributed by atoms with E-state index in [1.54, 1.807) is 43.3 Å². The molecule has 0 fully saturated rings. The first-order valence-electron chi connectivity index (χ1n) is 8.74. The van der Waals surface area contributed by atoms with Crippen LogP contribution in [0.5, 0.6) is 0 Å². The summed E-state index contributed by atoms with van der Waals surface area (Å²) in [6, 6.07) is 11.6. The third-order valence-corrected chi connectivity index (χ3v) is 3.99. The summed E-state index contributed by atoms with van der Waals surface area (Å²) < 4.78 is 10.2. The molecule has 150 valence electrons. The fourth-order valence-electron chi connectivity index (χ4n) is 2.56. The Balaban J connectivity index is 1.50. The number of aryl methyl sites for hydroxylation is 1. The quantitative estimate of drug-likeness (QED) is 0.279. The molecule has 0 saturated carbocycles. The number of rotatable bonds is 6. The Morgan fingerprint density at radius 2 is 2.00 bits per heavy atom. The number of carbonyl (C=O) groups is 1. The number of benzene rings is 1. The predicted octanol–water partition coefficient (Wildman–Crippen LogP) is 3.00. The first-order chi connectivity index (χ1) is 14.5. The van der Waals surface area contributed by atoms with Crippen LogP contribution in [0.2, 0.25) is 0 Å². The van der Waals surface area contributed by atoms with Gasteiger partial charge in [0, 0.05) is 29.2 Å². The van der Waals surface area contributed by atoms with E-state index in [1.807, 2.05) is 0 Å². The molecule has 0 bridgehead atoms. The average molecular weight is 404 g/mol. The number of pyridine rings is 1. The minimum absolute atomic E-state index is 0.150. The van der Waals surface area contributed by atoms with Crippen molar-refractivity contribution in [3.8, 4) is 11.6 Å². The molecule has 0 aliphatic heterocycles. The minimum Gasteiger partial charge on any atom is -0.398 e. The molecular formula is C19H16N8O3. The molecule has 0 atom stereocenters. The van der Waals surface area contributed by atoms with Crippen molar-refractivity contribution in [2.24, 2.45) is 0 Å². The van der Waals surface area contributed by atoms with Gasteiger partial charge >= 0.3 is 0 Å². The molecule has 0 saturated heterocycles. The van der Waals surface area contributed by atoms with Crippen molar-refractivity contribution in [2.75, 3.05) is 16.4 Å². The minimum atomic E-state index is -0.449. The highest BCUT2D eigenvalue weighted by Gasteiger charge is 2.14. The van der Waals surface area contributed by atoms with Crippen LogP contribution in [-0.2, 0) is 0 Å². The van der Waals surface area contributed by atoms with E-state index < -0.39 is 5.91 Å². The molecule has 4 rings (SSSR count). The molecule has 3 heterocycles. The zero-order valence-corrected chi connectivity index (χ0v) is 15.7. The summed E-state index contributed by atoms with van der Waals surface area (Å²) in [6.07, 6.45) is 1.16. The van der Waals surface area contributed by atoms with Crippen LogP contribution in [-0.4, -0.2) is 32.4 Å². The van der Waals surface area contributed by atoms with E-state index >= 15 is 0 Å². The number of aromatic nitrogens is 4. The van der Waals surface area contributed by atoms with Gasteiger partial charge < -0.3 is 30.8 Å². The molecule has 0 aliphatic rings. The molecule has 11 heteroatoms. The Bertz CT molecular complexity index is 1230. The summed E-state index contributed by atoms with van der Waals surface area (Å²) in [5, 5.41) is 20.5. The fourth-order valence-corrected chi connectivity index (χ4v) is 2.56. The molecule has 0 radical (unpaired) electrons. The summed E-state index contributed by atoms with van der Waals surface area (Å²) in [4.78, 5) is 20.8. The first kappa shape index (κ1) is 18.8. The van der Waals surface area contributed by atoms with Gasteiger partial charge in [0.15, 0.2) is 5.69 Å². The number of anilines is 4. The SMILES string of the molecule is Cc1cc(C(=O)Nc2cccc(-c3nc(Nc4ccc(N)c(C=N)c4)no3)n2)no1. The summed E-state index contributed by atoms with van der Waals surface area (Å²) in [6.45, 7) is 1.69. The van der Waals surface area contributed by atoms with E-state index in [1.165, 1.54) is 6.07 Å². The molecule has 0 unspecified atom stereocenters. The molecule has 0 spiro atoms. The highest BCUT2D eigenvalue weighted by atomic mass is 16.5. The van der Waals surface area contributed by atoms with Crippen molar-refractivity contribution in [1.82, 2.24) is 20.3 Å². The van der Waals surface area contributed by atoms with Crippen LogP contribution in [0.4, 0.5) is 23.1 Å². The third kappa shape index (κ3) is 3.99. The van der Waals surface area contributed by atoms with Crippen LogP contribution in [0.25, 0.3) is 11.6 Å². The number of amides is 1. The van der Waals surface area contributed by atoms with Crippen LogP contribution in [0.3, 0.4) is 0 Å². The molecular weight excluding hydrogens is 388 g/mol. The number of nitrogens with zero attached hydrogens (tertiary/aromatic N) is 4. The van der Waals surface area contributed by atoms with E-state index in [0.717, 1.165) is 6.21 Å². The van der Waals surface area contributed by atoms with Crippen LogP contribution in [0.15, 0.2) is 51.5 Å². The van der Waals surface area contributed by atoms with Gasteiger partial charge in [-0.1, -0.05) is 11.2 Å². The second-order valence-corrected chi connectivity index (χ2v) is 6.22. The van der Waals surface area contributed by atoms with Crippen molar-refractivity contribution >= 4 is 35.3 Å². The van der Waals surface area contributed by atoms with Gasteiger partial charge in [-0.25, -0.2) is 4.98 Å². The van der Waals surface area contributed by atoms with Crippen LogP contribution < -0.4 is 16.4 Å². The topological polar surface area (TPSA) is 169 Å². The zero-order valence-electron chi connectivity index (χ0n) is 15.7. The van der Waals surface area contributed by atoms with Crippen LogP contribution >= 0.6 is 0 Å². The lowest BCUT2D eigenvalue weighted by Crippen LogP contribution is -2.13. The molecule has 11 nitrogen and oxygen atoms in total. The summed E-state index contributed by atoms with van der Waals surface area (Å²) in [5.74, 6) is 0.741. The smallest absolute Gasteiger partial charge is 0.279 e. The molecule has 1 aromatic carbocycles. The van der Waals surface area contributed by atoms with Gasteiger partial charge in [0.2, 0.25) is 0 Å². The zero-order chi connectivity index (χ0) is 21.1. The largest absolute Gasteiger partial charge is 0.398 e. The summed E-state index contributed by atoms with van der Waals surface area (Å²) in [5.41, 5.74) is 8.02. The Kier molecular flexibility index (Phi) is 4.91. The number of carbonyl (C=O) groups excluding carboxylic acids is 1. The summed E-state index contributed by atoms with van der Waals surface area (Å²) >= 11 is 0. The number of nitrogens with one attached hydrogen (secondary N) is 3. The number of hydrogen-bond acceptors (Lipinski definition) is 10. The van der Waals surface area contributed by atoms with Gasteiger partial charge in [-0.15, -0.1) is 0 Å². The van der Waals surface area contributed by atoms with Gasteiger partial charge in [0.1, 0.15) is 17.3 Å². The lowest BCUT2D eigenvalue weighted by Gasteiger charge is -2.04. The normalized spacial score (nSPS) is 10.6. The predicted molar refractivity (Wildman–Crippen MR) is 109 cm³/mol. The average Bonchev–Trinajstić information content (AvgIpc) is 3.39. The van der Waals surface area contributed by atoms with Gasteiger partial charge in [0.25, 0.3) is 17.7 Å². The van der Waals surface area contributed by atoms with E-state index in [-0.39, 0.29) is 17.5 Å². The van der Waals surface area contributed by atoms with Crippen LogP contribution in [0.1, 0.15) is 21.8 Å². The van der Waals surface area contributed by atoms with Crippen molar-refractivity contribution in [2.45, 2.75) is 6.92 Å². The van der Waals surface area contributed by atoms with Crippen molar-refractivity contribution in [3.05, 3.63) is 59.5 Å². The van der Waals surface area contributed by atoms with E-state index in [9.17, 15) is 4.79 Å². The molecule has 5 N–H and O–H groups in total.